The SMILES string of the molecule is CCC(=O)C(CC)CC.O=C(O)CC(=O)O. The molecule has 0 saturated carbocycles. The fourth-order valence-electron chi connectivity index (χ4n) is 1.16. The maximum atomic E-state index is 11.0. The first-order valence-electron chi connectivity index (χ1n) is 5.35. The molecule has 0 aliphatic carbocycles. The summed E-state index contributed by atoms with van der Waals surface area (Å²) in [6.45, 7) is 6.07. The summed E-state index contributed by atoms with van der Waals surface area (Å²) in [4.78, 5) is 29.8. The van der Waals surface area contributed by atoms with E-state index in [9.17, 15) is 14.4 Å². The smallest absolute Gasteiger partial charge is 0.314 e. The van der Waals surface area contributed by atoms with Gasteiger partial charge in [-0.1, -0.05) is 20.8 Å². The van der Waals surface area contributed by atoms with Crippen molar-refractivity contribution in [2.75, 3.05) is 0 Å². The van der Waals surface area contributed by atoms with Crippen LogP contribution in [0, 0.1) is 5.92 Å². The Morgan fingerprint density at radius 3 is 1.38 bits per heavy atom. The van der Waals surface area contributed by atoms with Crippen LogP contribution >= 0.6 is 0 Å². The van der Waals surface area contributed by atoms with Gasteiger partial charge in [0.2, 0.25) is 0 Å². The number of hydrogen-bond acceptors (Lipinski definition) is 3. The first kappa shape index (κ1) is 17.0. The van der Waals surface area contributed by atoms with Gasteiger partial charge in [0, 0.05) is 12.3 Å². The molecule has 0 aromatic heterocycles. The molecule has 5 heteroatoms. The Balaban J connectivity index is 0. The fraction of sp³-hybridized carbons (Fsp3) is 0.727. The average Bonchev–Trinajstić information content (AvgIpc) is 2.18. The largest absolute Gasteiger partial charge is 0.481 e. The maximum Gasteiger partial charge on any atom is 0.314 e. The van der Waals surface area contributed by atoms with E-state index in [-0.39, 0.29) is 0 Å². The molecule has 0 saturated heterocycles. The van der Waals surface area contributed by atoms with E-state index in [1.165, 1.54) is 0 Å². The quantitative estimate of drug-likeness (QED) is 0.683. The molecule has 94 valence electrons. The minimum Gasteiger partial charge on any atom is -0.481 e. The van der Waals surface area contributed by atoms with Crippen molar-refractivity contribution in [3.8, 4) is 0 Å². The van der Waals surface area contributed by atoms with E-state index < -0.39 is 18.4 Å². The maximum absolute atomic E-state index is 11.0. The minimum atomic E-state index is -1.31. The number of carbonyl (C=O) groups is 3. The Labute approximate surface area is 95.5 Å². The van der Waals surface area contributed by atoms with Crippen LogP contribution in [0.25, 0.3) is 0 Å². The van der Waals surface area contributed by atoms with Crippen molar-refractivity contribution in [3.05, 3.63) is 0 Å². The summed E-state index contributed by atoms with van der Waals surface area (Å²) in [5.74, 6) is -1.88. The summed E-state index contributed by atoms with van der Waals surface area (Å²) < 4.78 is 0. The standard InChI is InChI=1S/C8H16O.C3H4O4/c1-4-7(5-2)8(9)6-3;4-2(5)1-3(6)7/h7H,4-6H2,1-3H3;1H2,(H,4,5)(H,6,7). The zero-order valence-corrected chi connectivity index (χ0v) is 10.0. The van der Waals surface area contributed by atoms with Gasteiger partial charge in [0.05, 0.1) is 0 Å². The molecule has 2 N–H and O–H groups in total. The number of carbonyl (C=O) groups excluding carboxylic acids is 1. The second-order valence-electron chi connectivity index (χ2n) is 3.30. The van der Waals surface area contributed by atoms with E-state index in [2.05, 4.69) is 13.8 Å². The van der Waals surface area contributed by atoms with Gasteiger partial charge in [-0.15, -0.1) is 0 Å². The van der Waals surface area contributed by atoms with Crippen molar-refractivity contribution in [2.45, 2.75) is 46.5 Å². The summed E-state index contributed by atoms with van der Waals surface area (Å²) in [5.41, 5.74) is 0. The van der Waals surface area contributed by atoms with Gasteiger partial charge < -0.3 is 10.2 Å². The number of aliphatic carboxylic acids is 2. The van der Waals surface area contributed by atoms with Crippen molar-refractivity contribution in [3.63, 3.8) is 0 Å². The van der Waals surface area contributed by atoms with Crippen molar-refractivity contribution < 1.29 is 24.6 Å². The highest BCUT2D eigenvalue weighted by Gasteiger charge is 2.10. The Bertz CT molecular complexity index is 219. The monoisotopic (exact) mass is 232 g/mol. The van der Waals surface area contributed by atoms with Crippen LogP contribution in [0.15, 0.2) is 0 Å². The normalized spacial score (nSPS) is 9.25. The Kier molecular flexibility index (Phi) is 10.8. The second kappa shape index (κ2) is 10.1. The molecule has 0 spiro atoms. The zero-order chi connectivity index (χ0) is 13.1. The summed E-state index contributed by atoms with van der Waals surface area (Å²) in [5, 5.41) is 15.4. The number of Topliss-reactive ketones (excluding diaryl/α,β-unsaturated/α-hetero) is 1. The Morgan fingerprint density at radius 1 is 0.938 bits per heavy atom. The van der Waals surface area contributed by atoms with Crippen LogP contribution in [-0.2, 0) is 14.4 Å². The molecule has 0 rings (SSSR count). The van der Waals surface area contributed by atoms with Crippen LogP contribution in [0.4, 0.5) is 0 Å². The highest BCUT2D eigenvalue weighted by atomic mass is 16.4. The molecule has 0 aliphatic rings. The molecule has 0 atom stereocenters. The zero-order valence-electron chi connectivity index (χ0n) is 10.0. The van der Waals surface area contributed by atoms with Gasteiger partial charge in [-0.25, -0.2) is 0 Å². The van der Waals surface area contributed by atoms with Gasteiger partial charge in [0.1, 0.15) is 12.2 Å². The molecule has 0 fully saturated rings. The summed E-state index contributed by atoms with van der Waals surface area (Å²) in [6, 6.07) is 0. The highest BCUT2D eigenvalue weighted by Crippen LogP contribution is 2.09. The number of ketones is 1. The molecule has 16 heavy (non-hydrogen) atoms. The third-order valence-electron chi connectivity index (χ3n) is 2.09. The van der Waals surface area contributed by atoms with Gasteiger partial charge in [-0.3, -0.25) is 14.4 Å². The van der Waals surface area contributed by atoms with E-state index in [4.69, 9.17) is 10.2 Å². The fourth-order valence-corrected chi connectivity index (χ4v) is 1.16. The van der Waals surface area contributed by atoms with Crippen molar-refractivity contribution >= 4 is 17.7 Å². The van der Waals surface area contributed by atoms with E-state index in [1.54, 1.807) is 0 Å². The minimum absolute atomic E-state index is 0.329. The van der Waals surface area contributed by atoms with Crippen LogP contribution in [0.5, 0.6) is 0 Å². The van der Waals surface area contributed by atoms with Crippen LogP contribution in [-0.4, -0.2) is 27.9 Å². The second-order valence-corrected chi connectivity index (χ2v) is 3.30. The third-order valence-corrected chi connectivity index (χ3v) is 2.09. The van der Waals surface area contributed by atoms with Crippen LogP contribution in [0.2, 0.25) is 0 Å². The first-order chi connectivity index (χ1) is 7.38. The van der Waals surface area contributed by atoms with Gasteiger partial charge in [-0.2, -0.15) is 0 Å². The van der Waals surface area contributed by atoms with Gasteiger partial charge in [0.25, 0.3) is 0 Å². The summed E-state index contributed by atoms with van der Waals surface area (Å²) >= 11 is 0. The predicted octanol–water partition coefficient (Wildman–Crippen LogP) is 1.95. The molecular formula is C11H20O5. The predicted molar refractivity (Wildman–Crippen MR) is 59.3 cm³/mol. The molecule has 0 radical (unpaired) electrons. The van der Waals surface area contributed by atoms with Gasteiger partial charge in [-0.05, 0) is 12.8 Å². The van der Waals surface area contributed by atoms with Crippen molar-refractivity contribution in [1.29, 1.82) is 0 Å². The van der Waals surface area contributed by atoms with E-state index in [0.29, 0.717) is 18.1 Å². The molecule has 5 nitrogen and oxygen atoms in total. The molecule has 0 aromatic rings. The number of carboxylic acid groups (broad SMARTS) is 2. The lowest BCUT2D eigenvalue weighted by Crippen LogP contribution is -2.10. The van der Waals surface area contributed by atoms with E-state index in [1.807, 2.05) is 6.92 Å². The van der Waals surface area contributed by atoms with E-state index in [0.717, 1.165) is 12.8 Å². The van der Waals surface area contributed by atoms with Crippen molar-refractivity contribution in [1.82, 2.24) is 0 Å². The molecule has 0 bridgehead atoms. The Hall–Kier alpha value is -1.39. The molecule has 0 aromatic carbocycles. The topological polar surface area (TPSA) is 91.7 Å². The summed E-state index contributed by atoms with van der Waals surface area (Å²) in [6.07, 6.45) is 1.90. The lowest BCUT2D eigenvalue weighted by Gasteiger charge is -2.07. The first-order valence-corrected chi connectivity index (χ1v) is 5.35. The number of rotatable bonds is 6. The van der Waals surface area contributed by atoms with Gasteiger partial charge in [0.15, 0.2) is 0 Å². The summed E-state index contributed by atoms with van der Waals surface area (Å²) in [7, 11) is 0. The lowest BCUT2D eigenvalue weighted by atomic mass is 9.97. The molecule has 0 aliphatic heterocycles. The van der Waals surface area contributed by atoms with Crippen molar-refractivity contribution in [2.24, 2.45) is 5.92 Å². The Morgan fingerprint density at radius 2 is 1.31 bits per heavy atom. The van der Waals surface area contributed by atoms with E-state index >= 15 is 0 Å². The molecule has 0 unspecified atom stereocenters. The highest BCUT2D eigenvalue weighted by molar-refractivity contribution is 5.88. The molecule has 0 heterocycles. The number of carboxylic acids is 2. The lowest BCUT2D eigenvalue weighted by molar-refractivity contribution is -0.147. The average molecular weight is 232 g/mol. The van der Waals surface area contributed by atoms with Crippen LogP contribution in [0.3, 0.4) is 0 Å². The molecular weight excluding hydrogens is 212 g/mol. The molecule has 0 amide bonds. The number of hydrogen-bond donors (Lipinski definition) is 2. The van der Waals surface area contributed by atoms with Crippen LogP contribution < -0.4 is 0 Å². The van der Waals surface area contributed by atoms with Crippen LogP contribution in [0.1, 0.15) is 46.5 Å². The third kappa shape index (κ3) is 10.7. The van der Waals surface area contributed by atoms with Gasteiger partial charge >= 0.3 is 11.9 Å².